The molecular formula is C20H37N3O. The minimum absolute atomic E-state index is 0.0576. The fourth-order valence-electron chi connectivity index (χ4n) is 3.10. The van der Waals surface area contributed by atoms with Crippen LogP contribution < -0.4 is 0 Å². The number of carbonyl (C=O) groups is 1. The Hall–Kier alpha value is -1.19. The summed E-state index contributed by atoms with van der Waals surface area (Å²) in [7, 11) is 0. The van der Waals surface area contributed by atoms with Gasteiger partial charge < -0.3 is 0 Å². The molecule has 1 aromatic rings. The first-order valence-corrected chi connectivity index (χ1v) is 10.2. The van der Waals surface area contributed by atoms with Gasteiger partial charge in [-0.15, -0.1) is 0 Å². The van der Waals surface area contributed by atoms with Crippen molar-refractivity contribution in [3.8, 4) is 0 Å². The maximum absolute atomic E-state index is 11.7. The Kier molecular flexibility index (Phi) is 13.3. The van der Waals surface area contributed by atoms with Crippen molar-refractivity contribution < 1.29 is 4.79 Å². The lowest BCUT2D eigenvalue weighted by Gasteiger charge is -2.03. The number of aromatic nitrogens is 3. The van der Waals surface area contributed by atoms with Crippen LogP contribution in [0.1, 0.15) is 114 Å². The molecule has 1 rings (SSSR count). The summed E-state index contributed by atoms with van der Waals surface area (Å²) >= 11 is 0. The summed E-state index contributed by atoms with van der Waals surface area (Å²) in [6, 6.07) is 0. The predicted octanol–water partition coefficient (Wildman–Crippen LogP) is 6.18. The molecule has 0 atom stereocenters. The van der Waals surface area contributed by atoms with E-state index in [0.717, 1.165) is 12.8 Å². The molecule has 0 fully saturated rings. The Bertz CT molecular complexity index is 390. The van der Waals surface area contributed by atoms with Crippen molar-refractivity contribution in [2.75, 3.05) is 0 Å². The zero-order valence-electron chi connectivity index (χ0n) is 15.7. The second-order valence-electron chi connectivity index (χ2n) is 6.93. The van der Waals surface area contributed by atoms with E-state index in [9.17, 15) is 4.79 Å². The smallest absolute Gasteiger partial charge is 0.248 e. The fraction of sp³-hybridized carbons (Fsp3) is 0.850. The molecule has 0 amide bonds. The van der Waals surface area contributed by atoms with E-state index in [1.54, 1.807) is 0 Å². The van der Waals surface area contributed by atoms with Gasteiger partial charge in [0.2, 0.25) is 5.91 Å². The number of hydrogen-bond acceptors (Lipinski definition) is 3. The van der Waals surface area contributed by atoms with Crippen LogP contribution in [0.4, 0.5) is 0 Å². The number of rotatable bonds is 16. The highest BCUT2D eigenvalue weighted by Crippen LogP contribution is 2.13. The van der Waals surface area contributed by atoms with Crippen LogP contribution in [0.15, 0.2) is 12.7 Å². The lowest BCUT2D eigenvalue weighted by atomic mass is 10.0. The van der Waals surface area contributed by atoms with Crippen LogP contribution >= 0.6 is 0 Å². The van der Waals surface area contributed by atoms with Gasteiger partial charge in [-0.25, -0.2) is 4.98 Å². The van der Waals surface area contributed by atoms with Crippen LogP contribution in [0.5, 0.6) is 0 Å². The van der Waals surface area contributed by atoms with Crippen molar-refractivity contribution in [3.05, 3.63) is 12.7 Å². The molecule has 0 unspecified atom stereocenters. The third kappa shape index (κ3) is 11.4. The molecule has 1 aromatic heterocycles. The monoisotopic (exact) mass is 335 g/mol. The molecule has 1 heterocycles. The molecule has 4 nitrogen and oxygen atoms in total. The first-order chi connectivity index (χ1) is 11.8. The quantitative estimate of drug-likeness (QED) is 0.339. The average molecular weight is 336 g/mol. The normalized spacial score (nSPS) is 11.0. The molecule has 4 heteroatoms. The molecule has 0 aliphatic carbocycles. The van der Waals surface area contributed by atoms with Gasteiger partial charge in [0.15, 0.2) is 0 Å². The van der Waals surface area contributed by atoms with Gasteiger partial charge in [0.25, 0.3) is 0 Å². The maximum Gasteiger partial charge on any atom is 0.248 e. The van der Waals surface area contributed by atoms with Gasteiger partial charge >= 0.3 is 0 Å². The maximum atomic E-state index is 11.7. The molecule has 0 aromatic carbocycles. The lowest BCUT2D eigenvalue weighted by molar-refractivity contribution is 0.0882. The fourth-order valence-corrected chi connectivity index (χ4v) is 3.10. The molecule has 0 aliphatic heterocycles. The van der Waals surface area contributed by atoms with E-state index in [1.807, 2.05) is 0 Å². The van der Waals surface area contributed by atoms with E-state index < -0.39 is 0 Å². The molecule has 0 spiro atoms. The molecule has 0 aliphatic rings. The summed E-state index contributed by atoms with van der Waals surface area (Å²) in [6.45, 7) is 2.28. The van der Waals surface area contributed by atoms with Crippen LogP contribution in [0, 0.1) is 0 Å². The number of unbranched alkanes of at least 4 members (excludes halogenated alkanes) is 14. The Morgan fingerprint density at radius 1 is 0.750 bits per heavy atom. The molecule has 0 radical (unpaired) electrons. The molecule has 0 bridgehead atoms. The number of carbonyl (C=O) groups excluding carboxylic acids is 1. The largest absolute Gasteiger partial charge is 0.273 e. The van der Waals surface area contributed by atoms with Gasteiger partial charge in [0, 0.05) is 6.42 Å². The number of hydrogen-bond donors (Lipinski definition) is 0. The summed E-state index contributed by atoms with van der Waals surface area (Å²) in [4.78, 5) is 15.5. The van der Waals surface area contributed by atoms with Crippen LogP contribution in [-0.4, -0.2) is 20.7 Å². The molecular weight excluding hydrogens is 298 g/mol. The molecule has 0 saturated carbocycles. The van der Waals surface area contributed by atoms with Gasteiger partial charge in [-0.05, 0) is 6.42 Å². The second kappa shape index (κ2) is 15.3. The second-order valence-corrected chi connectivity index (χ2v) is 6.93. The van der Waals surface area contributed by atoms with Crippen LogP contribution in [-0.2, 0) is 0 Å². The van der Waals surface area contributed by atoms with Gasteiger partial charge in [-0.2, -0.15) is 9.78 Å². The Labute approximate surface area is 148 Å². The summed E-state index contributed by atoms with van der Waals surface area (Å²) in [6.07, 6.45) is 23.6. The minimum atomic E-state index is 0.0576. The van der Waals surface area contributed by atoms with Crippen molar-refractivity contribution in [3.63, 3.8) is 0 Å². The highest BCUT2D eigenvalue weighted by atomic mass is 16.2. The standard InChI is InChI=1S/C20H37N3O/c1-2-3-4-5-6-7-8-9-10-11-12-13-14-15-16-17-20(24)23-19-21-18-22-23/h18-19H,2-17H2,1H3. The number of nitrogens with zero attached hydrogens (tertiary/aromatic N) is 3. The zero-order chi connectivity index (χ0) is 17.3. The molecule has 0 N–H and O–H groups in total. The van der Waals surface area contributed by atoms with E-state index in [0.29, 0.717) is 6.42 Å². The van der Waals surface area contributed by atoms with Crippen molar-refractivity contribution in [2.45, 2.75) is 110 Å². The third-order valence-electron chi connectivity index (χ3n) is 4.67. The first kappa shape index (κ1) is 20.9. The summed E-state index contributed by atoms with van der Waals surface area (Å²) < 4.78 is 1.34. The lowest BCUT2D eigenvalue weighted by Crippen LogP contribution is -2.10. The van der Waals surface area contributed by atoms with Crippen LogP contribution in [0.25, 0.3) is 0 Å². The van der Waals surface area contributed by atoms with Crippen molar-refractivity contribution in [2.24, 2.45) is 0 Å². The first-order valence-electron chi connectivity index (χ1n) is 10.2. The summed E-state index contributed by atoms with van der Waals surface area (Å²) in [5, 5.41) is 3.86. The highest BCUT2D eigenvalue weighted by Gasteiger charge is 2.04. The van der Waals surface area contributed by atoms with E-state index in [2.05, 4.69) is 17.0 Å². The van der Waals surface area contributed by atoms with Crippen molar-refractivity contribution in [1.82, 2.24) is 14.8 Å². The van der Waals surface area contributed by atoms with Crippen LogP contribution in [0.3, 0.4) is 0 Å². The van der Waals surface area contributed by atoms with E-state index >= 15 is 0 Å². The minimum Gasteiger partial charge on any atom is -0.273 e. The third-order valence-corrected chi connectivity index (χ3v) is 4.67. The van der Waals surface area contributed by atoms with E-state index in [1.165, 1.54) is 101 Å². The zero-order valence-corrected chi connectivity index (χ0v) is 15.7. The SMILES string of the molecule is CCCCCCCCCCCCCCCCCC(=O)n1cncn1. The molecule has 24 heavy (non-hydrogen) atoms. The van der Waals surface area contributed by atoms with Crippen LogP contribution in [0.2, 0.25) is 0 Å². The summed E-state index contributed by atoms with van der Waals surface area (Å²) in [5.74, 6) is 0.0576. The van der Waals surface area contributed by atoms with Gasteiger partial charge in [0.05, 0.1) is 0 Å². The van der Waals surface area contributed by atoms with Gasteiger partial charge in [-0.1, -0.05) is 96.8 Å². The Morgan fingerprint density at radius 2 is 1.21 bits per heavy atom. The Morgan fingerprint density at radius 3 is 1.62 bits per heavy atom. The van der Waals surface area contributed by atoms with Crippen molar-refractivity contribution in [1.29, 1.82) is 0 Å². The van der Waals surface area contributed by atoms with Gasteiger partial charge in [-0.3, -0.25) is 4.79 Å². The topological polar surface area (TPSA) is 47.8 Å². The van der Waals surface area contributed by atoms with E-state index in [-0.39, 0.29) is 5.91 Å². The molecule has 0 saturated heterocycles. The highest BCUT2D eigenvalue weighted by molar-refractivity contribution is 5.77. The summed E-state index contributed by atoms with van der Waals surface area (Å²) in [5.41, 5.74) is 0. The van der Waals surface area contributed by atoms with E-state index in [4.69, 9.17) is 0 Å². The average Bonchev–Trinajstić information content (AvgIpc) is 3.13. The molecule has 138 valence electrons. The Balaban J connectivity index is 1.74. The predicted molar refractivity (Wildman–Crippen MR) is 100 cm³/mol. The van der Waals surface area contributed by atoms with Crippen molar-refractivity contribution >= 4 is 5.91 Å². The van der Waals surface area contributed by atoms with Gasteiger partial charge in [0.1, 0.15) is 12.7 Å².